The van der Waals surface area contributed by atoms with Crippen LogP contribution in [0.2, 0.25) is 5.02 Å². The van der Waals surface area contributed by atoms with Crippen molar-refractivity contribution >= 4 is 41.2 Å². The fourth-order valence-electron chi connectivity index (χ4n) is 10.1. The van der Waals surface area contributed by atoms with E-state index in [-0.39, 0.29) is 36.1 Å². The third-order valence-electron chi connectivity index (χ3n) is 13.4. The molecule has 2 N–H and O–H groups in total. The second-order valence-electron chi connectivity index (χ2n) is 17.2. The van der Waals surface area contributed by atoms with Gasteiger partial charge in [0.2, 0.25) is 23.7 Å². The van der Waals surface area contributed by atoms with Gasteiger partial charge in [-0.2, -0.15) is 0 Å². The van der Waals surface area contributed by atoms with Crippen LogP contribution in [0.25, 0.3) is 22.4 Å². The second kappa shape index (κ2) is 17.2. The summed E-state index contributed by atoms with van der Waals surface area (Å²) >= 11 is 6.63. The van der Waals surface area contributed by atoms with Crippen LogP contribution in [0.1, 0.15) is 91.6 Å². The van der Waals surface area contributed by atoms with Crippen LogP contribution in [0.5, 0.6) is 0 Å². The van der Waals surface area contributed by atoms with E-state index in [1.165, 1.54) is 5.56 Å². The predicted molar refractivity (Wildman–Crippen MR) is 227 cm³/mol. The molecular weight excluding hydrogens is 762 g/mol. The van der Waals surface area contributed by atoms with E-state index in [1.807, 2.05) is 36.4 Å². The molecule has 12 heteroatoms. The first-order chi connectivity index (χ1) is 28.8. The highest BCUT2D eigenvalue weighted by molar-refractivity contribution is 6.33. The van der Waals surface area contributed by atoms with Gasteiger partial charge in [-0.1, -0.05) is 78.7 Å². The van der Waals surface area contributed by atoms with Gasteiger partial charge in [0, 0.05) is 55.7 Å². The highest BCUT2D eigenvalue weighted by Crippen LogP contribution is 2.36. The van der Waals surface area contributed by atoms with Gasteiger partial charge in [-0.15, -0.1) is 0 Å². The molecule has 1 aliphatic carbocycles. The number of carbonyl (C=O) groups is 4. The third-order valence-corrected chi connectivity index (χ3v) is 13.7. The Morgan fingerprint density at radius 3 is 2.41 bits per heavy atom. The van der Waals surface area contributed by atoms with E-state index in [9.17, 15) is 19.2 Å². The quantitative estimate of drug-likeness (QED) is 0.169. The Hall–Kier alpha value is -5.13. The normalized spacial score (nSPS) is 23.3. The van der Waals surface area contributed by atoms with Crippen molar-refractivity contribution in [2.75, 3.05) is 38.0 Å². The molecule has 4 amide bonds. The van der Waals surface area contributed by atoms with Gasteiger partial charge >= 0.3 is 0 Å². The minimum absolute atomic E-state index is 0.00370. The van der Waals surface area contributed by atoms with Crippen molar-refractivity contribution in [2.24, 2.45) is 11.8 Å². The van der Waals surface area contributed by atoms with Crippen molar-refractivity contribution in [3.63, 3.8) is 0 Å². The summed E-state index contributed by atoms with van der Waals surface area (Å²) in [7, 11) is 0. The maximum absolute atomic E-state index is 13.9. The van der Waals surface area contributed by atoms with Crippen molar-refractivity contribution in [2.45, 2.75) is 88.8 Å². The molecule has 11 nitrogen and oxygen atoms in total. The zero-order valence-electron chi connectivity index (χ0n) is 33.5. The molecule has 3 atom stereocenters. The minimum Gasteiger partial charge on any atom is -0.351 e. The van der Waals surface area contributed by atoms with E-state index >= 15 is 0 Å². The molecule has 4 fully saturated rings. The summed E-state index contributed by atoms with van der Waals surface area (Å²) in [4.78, 5) is 66.9. The second-order valence-corrected chi connectivity index (χ2v) is 17.6. The molecule has 0 radical (unpaired) electrons. The average Bonchev–Trinajstić information content (AvgIpc) is 3.59. The van der Waals surface area contributed by atoms with Gasteiger partial charge in [0.05, 0.1) is 16.9 Å². The Bertz CT molecular complexity index is 2220. The molecule has 59 heavy (non-hydrogen) atoms. The first kappa shape index (κ1) is 39.3. The summed E-state index contributed by atoms with van der Waals surface area (Å²) < 4.78 is 0. The van der Waals surface area contributed by atoms with Crippen LogP contribution in [0, 0.1) is 11.8 Å². The largest absolute Gasteiger partial charge is 0.351 e. The number of piperidine rings is 3. The van der Waals surface area contributed by atoms with Crippen molar-refractivity contribution in [1.82, 2.24) is 30.0 Å². The predicted octanol–water partition coefficient (Wildman–Crippen LogP) is 7.31. The minimum atomic E-state index is -0.590. The van der Waals surface area contributed by atoms with Gasteiger partial charge in [-0.3, -0.25) is 24.5 Å². The van der Waals surface area contributed by atoms with E-state index in [1.54, 1.807) is 11.1 Å². The fraction of sp³-hybridized carbons (Fsp3) is 0.447. The molecule has 5 heterocycles. The smallest absolute Gasteiger partial charge is 0.255 e. The average molecular weight is 814 g/mol. The van der Waals surface area contributed by atoms with E-state index < -0.39 is 6.04 Å². The topological polar surface area (TPSA) is 128 Å². The SMILES string of the molecule is O=C1CCC(N2Cc3cc(C4CCN(CC5CCN(C(=O)C6CCCC(Nc7ncc(Cl)c(-c8cccc(-c9ccccc9)c8)n7)C6)CC5)CC4)ccc3C2=O)C(=O)N1. The van der Waals surface area contributed by atoms with E-state index in [4.69, 9.17) is 16.6 Å². The number of aromatic nitrogens is 2. The van der Waals surface area contributed by atoms with Crippen LogP contribution in [-0.4, -0.2) is 93.1 Å². The number of fused-ring (bicyclic) bond motifs is 1. The molecule has 4 aliphatic heterocycles. The number of likely N-dealkylation sites (tertiary alicyclic amines) is 2. The number of rotatable bonds is 9. The van der Waals surface area contributed by atoms with Gasteiger partial charge < -0.3 is 20.0 Å². The molecule has 1 aromatic heterocycles. The number of imide groups is 1. The lowest BCUT2D eigenvalue weighted by atomic mass is 9.84. The third kappa shape index (κ3) is 8.64. The van der Waals surface area contributed by atoms with Crippen LogP contribution < -0.4 is 10.6 Å². The highest BCUT2D eigenvalue weighted by Gasteiger charge is 2.40. The van der Waals surface area contributed by atoms with Crippen molar-refractivity contribution in [3.05, 3.63) is 101 Å². The number of anilines is 1. The molecule has 9 rings (SSSR count). The van der Waals surface area contributed by atoms with Gasteiger partial charge in [0.15, 0.2) is 0 Å². The Labute approximate surface area is 350 Å². The van der Waals surface area contributed by atoms with Gasteiger partial charge in [0.1, 0.15) is 6.04 Å². The Morgan fingerprint density at radius 1 is 0.831 bits per heavy atom. The highest BCUT2D eigenvalue weighted by atomic mass is 35.5. The van der Waals surface area contributed by atoms with Crippen LogP contribution in [0.3, 0.4) is 0 Å². The van der Waals surface area contributed by atoms with Gasteiger partial charge in [0.25, 0.3) is 5.91 Å². The first-order valence-corrected chi connectivity index (χ1v) is 21.9. The number of nitrogens with one attached hydrogen (secondary N) is 2. The van der Waals surface area contributed by atoms with E-state index in [0.717, 1.165) is 106 Å². The van der Waals surface area contributed by atoms with Crippen molar-refractivity contribution in [1.29, 1.82) is 0 Å². The molecule has 3 saturated heterocycles. The number of hydrogen-bond donors (Lipinski definition) is 2. The molecule has 4 aromatic rings. The molecule has 3 aromatic carbocycles. The van der Waals surface area contributed by atoms with Crippen molar-refractivity contribution in [3.8, 4) is 22.4 Å². The van der Waals surface area contributed by atoms with E-state index in [2.05, 4.69) is 61.8 Å². The summed E-state index contributed by atoms with van der Waals surface area (Å²) in [6.45, 7) is 5.21. The number of nitrogens with zero attached hydrogens (tertiary/aromatic N) is 5. The monoisotopic (exact) mass is 813 g/mol. The molecular formula is C47H52ClN7O4. The van der Waals surface area contributed by atoms with E-state index in [0.29, 0.717) is 52.9 Å². The van der Waals surface area contributed by atoms with Gasteiger partial charge in [-0.05, 0) is 111 Å². The lowest BCUT2D eigenvalue weighted by Crippen LogP contribution is -2.52. The number of amides is 4. The number of benzene rings is 3. The summed E-state index contributed by atoms with van der Waals surface area (Å²) in [5.41, 5.74) is 6.77. The summed E-state index contributed by atoms with van der Waals surface area (Å²) in [6.07, 6.45) is 10.2. The number of hydrogen-bond acceptors (Lipinski definition) is 8. The summed E-state index contributed by atoms with van der Waals surface area (Å²) in [5, 5.41) is 6.44. The summed E-state index contributed by atoms with van der Waals surface area (Å²) in [5.74, 6) is 1.10. The number of halogens is 1. The zero-order chi connectivity index (χ0) is 40.5. The van der Waals surface area contributed by atoms with Gasteiger partial charge in [-0.25, -0.2) is 9.97 Å². The first-order valence-electron chi connectivity index (χ1n) is 21.5. The van der Waals surface area contributed by atoms with Crippen molar-refractivity contribution < 1.29 is 19.2 Å². The molecule has 0 spiro atoms. The van der Waals surface area contributed by atoms with Crippen LogP contribution in [-0.2, 0) is 20.9 Å². The Morgan fingerprint density at radius 2 is 1.61 bits per heavy atom. The van der Waals surface area contributed by atoms with Crippen LogP contribution in [0.15, 0.2) is 79.0 Å². The number of carbonyl (C=O) groups excluding carboxylic acids is 4. The summed E-state index contributed by atoms with van der Waals surface area (Å²) in [6, 6.07) is 24.2. The molecule has 5 aliphatic rings. The fourth-order valence-corrected chi connectivity index (χ4v) is 10.3. The molecule has 0 bridgehead atoms. The lowest BCUT2D eigenvalue weighted by molar-refractivity contribution is -0.138. The Kier molecular flexibility index (Phi) is 11.5. The maximum Gasteiger partial charge on any atom is 0.255 e. The maximum atomic E-state index is 13.9. The standard InChI is InChI=1S/C47H52ClN7O4/c48-40-27-49-47(52-43(40)35-9-4-8-33(24-35)31-6-2-1-3-7-31)50-38-11-5-10-36(26-38)45(58)54-22-16-30(17-23-54)28-53-20-18-32(19-21-53)34-12-13-39-37(25-34)29-55(46(39)59)41-14-15-42(56)51-44(41)57/h1-4,6-9,12-13,24-25,27,30,32,36,38,41H,5,10-11,14-23,26,28-29H2,(H,49,50,52)(H,51,56,57). The zero-order valence-corrected chi connectivity index (χ0v) is 34.2. The molecule has 3 unspecified atom stereocenters. The van der Waals surface area contributed by atoms with Crippen LogP contribution >= 0.6 is 11.6 Å². The van der Waals surface area contributed by atoms with Crippen LogP contribution in [0.4, 0.5) is 5.95 Å². The Balaban J connectivity index is 0.731. The molecule has 1 saturated carbocycles. The lowest BCUT2D eigenvalue weighted by Gasteiger charge is -2.39. The molecule has 306 valence electrons.